The van der Waals surface area contributed by atoms with Crippen LogP contribution in [0.5, 0.6) is 0 Å². The molecule has 8 aromatic carbocycles. The molecule has 0 aliphatic heterocycles. The number of hydrogen-bond acceptors (Lipinski definition) is 3. The molecule has 0 unspecified atom stereocenters. The summed E-state index contributed by atoms with van der Waals surface area (Å²) in [5.74, 6) is 0.632. The average Bonchev–Trinajstić information content (AvgIpc) is 3.67. The predicted molar refractivity (Wildman–Crippen MR) is 216 cm³/mol. The molecule has 0 bridgehead atoms. The summed E-state index contributed by atoms with van der Waals surface area (Å²) in [4.78, 5) is 7.03. The van der Waals surface area contributed by atoms with E-state index < -0.39 is 0 Å². The van der Waals surface area contributed by atoms with Crippen molar-refractivity contribution < 1.29 is 4.42 Å². The van der Waals surface area contributed by atoms with E-state index in [1.165, 1.54) is 33.4 Å². The summed E-state index contributed by atoms with van der Waals surface area (Å²) in [6.07, 6.45) is 0. The number of fused-ring (bicyclic) bond motifs is 1. The van der Waals surface area contributed by atoms with Crippen molar-refractivity contribution in [1.29, 1.82) is 0 Å². The van der Waals surface area contributed by atoms with Crippen molar-refractivity contribution in [2.75, 3.05) is 4.90 Å². The van der Waals surface area contributed by atoms with Gasteiger partial charge in [-0.3, -0.25) is 0 Å². The van der Waals surface area contributed by atoms with Crippen LogP contribution in [-0.2, 0) is 0 Å². The molecule has 0 fully saturated rings. The molecule has 1 aromatic heterocycles. The summed E-state index contributed by atoms with van der Waals surface area (Å²) in [5.41, 5.74) is 15.2. The molecule has 9 aromatic rings. The molecule has 0 saturated carbocycles. The Labute approximate surface area is 303 Å². The minimum atomic E-state index is 0.632. The van der Waals surface area contributed by atoms with Gasteiger partial charge in [0.05, 0.1) is 0 Å². The van der Waals surface area contributed by atoms with Crippen LogP contribution in [0.15, 0.2) is 211 Å². The van der Waals surface area contributed by atoms with Crippen molar-refractivity contribution in [3.05, 3.63) is 206 Å². The minimum absolute atomic E-state index is 0.632. The van der Waals surface area contributed by atoms with E-state index in [0.717, 1.165) is 44.9 Å². The first-order chi connectivity index (χ1) is 25.7. The van der Waals surface area contributed by atoms with Crippen LogP contribution in [0.25, 0.3) is 67.1 Å². The van der Waals surface area contributed by atoms with Crippen molar-refractivity contribution in [3.8, 4) is 56.0 Å². The Balaban J connectivity index is 1.04. The van der Waals surface area contributed by atoms with Gasteiger partial charge in [-0.05, 0) is 105 Å². The third-order valence-corrected chi connectivity index (χ3v) is 9.55. The molecule has 0 aliphatic carbocycles. The third-order valence-electron chi connectivity index (χ3n) is 9.55. The number of anilines is 3. The number of oxazole rings is 1. The Kier molecular flexibility index (Phi) is 8.20. The second-order valence-electron chi connectivity index (χ2n) is 12.9. The van der Waals surface area contributed by atoms with Gasteiger partial charge < -0.3 is 9.32 Å². The van der Waals surface area contributed by atoms with Crippen molar-refractivity contribution in [3.63, 3.8) is 0 Å². The third kappa shape index (κ3) is 6.28. The normalized spacial score (nSPS) is 11.1. The van der Waals surface area contributed by atoms with E-state index in [1.54, 1.807) is 0 Å². The lowest BCUT2D eigenvalue weighted by Gasteiger charge is -2.26. The zero-order valence-corrected chi connectivity index (χ0v) is 28.4. The topological polar surface area (TPSA) is 29.3 Å². The van der Waals surface area contributed by atoms with Crippen LogP contribution in [-0.4, -0.2) is 4.98 Å². The van der Waals surface area contributed by atoms with Gasteiger partial charge in [0.15, 0.2) is 5.58 Å². The van der Waals surface area contributed by atoms with Crippen molar-refractivity contribution >= 4 is 28.2 Å². The number of hydrogen-bond donors (Lipinski definition) is 0. The fraction of sp³-hybridized carbons (Fsp3) is 0. The lowest BCUT2D eigenvalue weighted by Crippen LogP contribution is -2.09. The van der Waals surface area contributed by atoms with Crippen LogP contribution in [0.1, 0.15) is 0 Å². The summed E-state index contributed by atoms with van der Waals surface area (Å²) in [5, 5.41) is 0. The van der Waals surface area contributed by atoms with Gasteiger partial charge >= 0.3 is 0 Å². The van der Waals surface area contributed by atoms with Crippen molar-refractivity contribution in [1.82, 2.24) is 4.98 Å². The number of nitrogens with zero attached hydrogens (tertiary/aromatic N) is 2. The van der Waals surface area contributed by atoms with E-state index in [1.807, 2.05) is 36.4 Å². The minimum Gasteiger partial charge on any atom is -0.436 e. The maximum atomic E-state index is 6.18. The molecule has 1 heterocycles. The van der Waals surface area contributed by atoms with E-state index in [0.29, 0.717) is 5.89 Å². The summed E-state index contributed by atoms with van der Waals surface area (Å²) in [6.45, 7) is 0. The molecule has 246 valence electrons. The van der Waals surface area contributed by atoms with Gasteiger partial charge in [-0.2, -0.15) is 0 Å². The fourth-order valence-electron chi connectivity index (χ4n) is 6.78. The van der Waals surface area contributed by atoms with Gasteiger partial charge in [-0.25, -0.2) is 4.98 Å². The molecule has 9 rings (SSSR count). The average molecular weight is 667 g/mol. The highest BCUT2D eigenvalue weighted by atomic mass is 16.3. The van der Waals surface area contributed by atoms with Crippen LogP contribution in [0, 0.1) is 0 Å². The van der Waals surface area contributed by atoms with E-state index in [9.17, 15) is 0 Å². The quantitative estimate of drug-likeness (QED) is 0.162. The van der Waals surface area contributed by atoms with Crippen LogP contribution >= 0.6 is 0 Å². The second kappa shape index (κ2) is 13.7. The zero-order chi connectivity index (χ0) is 34.7. The van der Waals surface area contributed by atoms with Crippen molar-refractivity contribution in [2.24, 2.45) is 0 Å². The molecule has 0 N–H and O–H groups in total. The summed E-state index contributed by atoms with van der Waals surface area (Å²) in [7, 11) is 0. The first-order valence-corrected chi connectivity index (χ1v) is 17.5. The molecular formula is C49H34N2O. The number of aromatic nitrogens is 1. The van der Waals surface area contributed by atoms with E-state index in [2.05, 4.69) is 175 Å². The Morgan fingerprint density at radius 3 is 1.06 bits per heavy atom. The fourth-order valence-corrected chi connectivity index (χ4v) is 6.78. The zero-order valence-electron chi connectivity index (χ0n) is 28.4. The molecule has 3 nitrogen and oxygen atoms in total. The van der Waals surface area contributed by atoms with Crippen LogP contribution in [0.2, 0.25) is 0 Å². The van der Waals surface area contributed by atoms with E-state index in [4.69, 9.17) is 9.40 Å². The highest BCUT2D eigenvalue weighted by molar-refractivity contribution is 5.84. The Morgan fingerprint density at radius 2 is 0.635 bits per heavy atom. The van der Waals surface area contributed by atoms with E-state index >= 15 is 0 Å². The van der Waals surface area contributed by atoms with Gasteiger partial charge in [0.2, 0.25) is 5.89 Å². The van der Waals surface area contributed by atoms with Gasteiger partial charge in [-0.1, -0.05) is 146 Å². The molecule has 0 amide bonds. The first-order valence-electron chi connectivity index (χ1n) is 17.5. The molecule has 0 saturated heterocycles. The van der Waals surface area contributed by atoms with Gasteiger partial charge in [-0.15, -0.1) is 0 Å². The van der Waals surface area contributed by atoms with E-state index in [-0.39, 0.29) is 0 Å². The highest BCUT2D eigenvalue weighted by Crippen LogP contribution is 2.38. The molecule has 0 aliphatic rings. The van der Waals surface area contributed by atoms with Gasteiger partial charge in [0.1, 0.15) is 5.52 Å². The van der Waals surface area contributed by atoms with Crippen LogP contribution in [0.4, 0.5) is 17.1 Å². The smallest absolute Gasteiger partial charge is 0.227 e. The predicted octanol–water partition coefficient (Wildman–Crippen LogP) is 13.6. The Bertz CT molecular complexity index is 2560. The summed E-state index contributed by atoms with van der Waals surface area (Å²) >= 11 is 0. The summed E-state index contributed by atoms with van der Waals surface area (Å²) in [6, 6.07) is 72.4. The van der Waals surface area contributed by atoms with Crippen LogP contribution < -0.4 is 4.90 Å². The SMILES string of the molecule is c1ccc(-c2ccc(-c3ccc(N(c4ccc(-c5ccccc5)cc4)c4ccc(-c5ccc6nc(-c7ccccc7)oc6c5)cc4)cc3)cc2)cc1. The number of benzene rings is 8. The maximum absolute atomic E-state index is 6.18. The molecule has 52 heavy (non-hydrogen) atoms. The standard InChI is InChI=1S/C49H34N2O/c1-4-10-35(11-5-1)37-16-18-38(19-17-37)40-22-29-45(30-23-40)51(44-27-20-39(21-28-44)36-12-6-2-7-13-36)46-31-24-41(25-32-46)43-26-33-47-48(34-43)52-49(50-47)42-14-8-3-9-15-42/h1-34H. The second-order valence-corrected chi connectivity index (χ2v) is 12.9. The maximum Gasteiger partial charge on any atom is 0.227 e. The molecular weight excluding hydrogens is 633 g/mol. The Hall–Kier alpha value is -6.97. The molecule has 0 atom stereocenters. The highest BCUT2D eigenvalue weighted by Gasteiger charge is 2.15. The van der Waals surface area contributed by atoms with Gasteiger partial charge in [0.25, 0.3) is 0 Å². The van der Waals surface area contributed by atoms with Crippen LogP contribution in [0.3, 0.4) is 0 Å². The van der Waals surface area contributed by atoms with Gasteiger partial charge in [0, 0.05) is 22.6 Å². The summed E-state index contributed by atoms with van der Waals surface area (Å²) < 4.78 is 6.18. The molecule has 0 radical (unpaired) electrons. The largest absolute Gasteiger partial charge is 0.436 e. The lowest BCUT2D eigenvalue weighted by molar-refractivity contribution is 0.620. The lowest BCUT2D eigenvalue weighted by atomic mass is 10.00. The Morgan fingerprint density at radius 1 is 0.308 bits per heavy atom. The molecule has 0 spiro atoms. The number of rotatable bonds is 8. The first kappa shape index (κ1) is 31.0. The molecule has 3 heteroatoms. The monoisotopic (exact) mass is 666 g/mol. The van der Waals surface area contributed by atoms with Crippen molar-refractivity contribution in [2.45, 2.75) is 0 Å².